The molecule has 10 nitrogen and oxygen atoms in total. The lowest BCUT2D eigenvalue weighted by molar-refractivity contribution is -0.116. The molecule has 0 fully saturated rings. The van der Waals surface area contributed by atoms with E-state index < -0.39 is 15.7 Å². The molecule has 0 bridgehead atoms. The van der Waals surface area contributed by atoms with Crippen LogP contribution in [0, 0.1) is 11.7 Å². The number of sulfone groups is 1. The molecule has 6 rings (SSSR count). The van der Waals surface area contributed by atoms with Crippen molar-refractivity contribution in [3.8, 4) is 33.9 Å². The largest absolute Gasteiger partial charge is 0.353 e. The Morgan fingerprint density at radius 1 is 1.00 bits per heavy atom. The van der Waals surface area contributed by atoms with Gasteiger partial charge in [0.05, 0.1) is 40.2 Å². The first-order chi connectivity index (χ1) is 21.0. The van der Waals surface area contributed by atoms with Gasteiger partial charge in [-0.15, -0.1) is 0 Å². The van der Waals surface area contributed by atoms with E-state index in [1.54, 1.807) is 24.7 Å². The number of nitrogens with one attached hydrogen (secondary N) is 3. The van der Waals surface area contributed by atoms with Gasteiger partial charge in [-0.2, -0.15) is 5.10 Å². The number of H-pyrrole nitrogens is 2. The monoisotopic (exact) mass is 611 g/mol. The molecule has 5 heterocycles. The van der Waals surface area contributed by atoms with Crippen molar-refractivity contribution < 1.29 is 17.6 Å². The Bertz CT molecular complexity index is 2140. The molecule has 3 N–H and O–H groups in total. The van der Waals surface area contributed by atoms with Gasteiger partial charge in [-0.1, -0.05) is 13.8 Å². The number of carbonyl (C=O) groups is 1. The number of aryl methyl sites for hydroxylation is 1. The average molecular weight is 612 g/mol. The van der Waals surface area contributed by atoms with Gasteiger partial charge in [0.1, 0.15) is 26.9 Å². The summed E-state index contributed by atoms with van der Waals surface area (Å²) < 4.78 is 38.0. The van der Waals surface area contributed by atoms with E-state index in [9.17, 15) is 17.6 Å². The van der Waals surface area contributed by atoms with Crippen LogP contribution in [-0.4, -0.2) is 56.5 Å². The van der Waals surface area contributed by atoms with Crippen LogP contribution in [0.4, 0.5) is 10.1 Å². The van der Waals surface area contributed by atoms with Crippen LogP contribution >= 0.6 is 0 Å². The molecule has 0 radical (unpaired) electrons. The third kappa shape index (κ3) is 6.35. The van der Waals surface area contributed by atoms with Crippen LogP contribution in [0.3, 0.4) is 0 Å². The van der Waals surface area contributed by atoms with Gasteiger partial charge in [0.15, 0.2) is 0 Å². The Hall–Kier alpha value is -4.97. The van der Waals surface area contributed by atoms with Crippen LogP contribution in [0.15, 0.2) is 67.1 Å². The number of rotatable bonds is 9. The molecule has 0 aliphatic heterocycles. The van der Waals surface area contributed by atoms with E-state index >= 15 is 0 Å². The highest BCUT2D eigenvalue weighted by Gasteiger charge is 2.17. The minimum absolute atomic E-state index is 0.0732. The third-order valence-electron chi connectivity index (χ3n) is 7.11. The molecule has 0 spiro atoms. The molecule has 0 aliphatic carbocycles. The topological polar surface area (TPSA) is 146 Å². The minimum Gasteiger partial charge on any atom is -0.353 e. The van der Waals surface area contributed by atoms with Crippen LogP contribution in [0.5, 0.6) is 0 Å². The normalized spacial score (nSPS) is 11.9. The van der Waals surface area contributed by atoms with Gasteiger partial charge in [0.2, 0.25) is 5.91 Å². The third-order valence-corrected chi connectivity index (χ3v) is 8.06. The molecular weight excluding hydrogens is 581 g/mol. The molecule has 6 aromatic rings. The Morgan fingerprint density at radius 2 is 1.84 bits per heavy atom. The quantitative estimate of drug-likeness (QED) is 0.183. The number of carbonyl (C=O) groups excluding carboxylic acids is 1. The van der Waals surface area contributed by atoms with Gasteiger partial charge in [-0.25, -0.2) is 17.8 Å². The first kappa shape index (κ1) is 29.1. The fourth-order valence-electron chi connectivity index (χ4n) is 5.12. The van der Waals surface area contributed by atoms with Crippen molar-refractivity contribution in [1.82, 2.24) is 30.1 Å². The zero-order chi connectivity index (χ0) is 31.0. The summed E-state index contributed by atoms with van der Waals surface area (Å²) in [5.41, 5.74) is 7.08. The number of aromatic amines is 2. The molecule has 1 aromatic carbocycles. The summed E-state index contributed by atoms with van der Waals surface area (Å²) in [4.78, 5) is 29.4. The summed E-state index contributed by atoms with van der Waals surface area (Å²) in [5.74, 6) is -0.371. The Balaban J connectivity index is 1.36. The highest BCUT2D eigenvalue weighted by atomic mass is 32.2. The van der Waals surface area contributed by atoms with Crippen molar-refractivity contribution >= 4 is 43.4 Å². The van der Waals surface area contributed by atoms with E-state index in [2.05, 4.69) is 30.5 Å². The number of pyridine rings is 3. The van der Waals surface area contributed by atoms with Gasteiger partial charge in [-0.3, -0.25) is 19.9 Å². The second-order valence-electron chi connectivity index (χ2n) is 11.3. The van der Waals surface area contributed by atoms with Gasteiger partial charge < -0.3 is 10.3 Å². The summed E-state index contributed by atoms with van der Waals surface area (Å²) in [6, 6.07) is 13.8. The second kappa shape index (κ2) is 11.6. The first-order valence-corrected chi connectivity index (χ1v) is 16.1. The molecule has 0 aliphatic rings. The van der Waals surface area contributed by atoms with E-state index in [4.69, 9.17) is 4.98 Å². The molecule has 0 saturated carbocycles. The van der Waals surface area contributed by atoms with Gasteiger partial charge in [0, 0.05) is 47.1 Å². The van der Waals surface area contributed by atoms with Crippen LogP contribution in [0.1, 0.15) is 25.8 Å². The maximum atomic E-state index is 14.6. The number of benzene rings is 1. The number of aromatic nitrogens is 6. The molecule has 12 heteroatoms. The smallest absolute Gasteiger partial charge is 0.224 e. The summed E-state index contributed by atoms with van der Waals surface area (Å²) in [5, 5.41) is 11.2. The van der Waals surface area contributed by atoms with E-state index in [0.717, 1.165) is 28.2 Å². The maximum absolute atomic E-state index is 14.6. The number of fused-ring (bicyclic) bond motifs is 2. The highest BCUT2D eigenvalue weighted by molar-refractivity contribution is 7.90. The SMILES string of the molecule is CC(C)CC(=O)Nc1cncc(-c2ccc3[nH]nc(-c4cc5c(-c6cc(F)cc(CCS(C)(=O)=O)c6)nccc5[nH]4)c3n2)c1. The van der Waals surface area contributed by atoms with Crippen molar-refractivity contribution in [2.75, 3.05) is 17.3 Å². The van der Waals surface area contributed by atoms with Crippen LogP contribution in [-0.2, 0) is 21.1 Å². The number of hydrogen-bond donors (Lipinski definition) is 3. The molecule has 0 unspecified atom stereocenters. The van der Waals surface area contributed by atoms with Crippen molar-refractivity contribution in [2.24, 2.45) is 5.92 Å². The van der Waals surface area contributed by atoms with E-state index in [1.165, 1.54) is 12.1 Å². The predicted molar refractivity (Wildman–Crippen MR) is 169 cm³/mol. The summed E-state index contributed by atoms with van der Waals surface area (Å²) in [7, 11) is -3.20. The zero-order valence-corrected chi connectivity index (χ0v) is 25.2. The second-order valence-corrected chi connectivity index (χ2v) is 13.6. The lowest BCUT2D eigenvalue weighted by atomic mass is 10.0. The van der Waals surface area contributed by atoms with E-state index in [1.807, 2.05) is 44.2 Å². The van der Waals surface area contributed by atoms with E-state index in [-0.39, 0.29) is 24.0 Å². The zero-order valence-electron chi connectivity index (χ0n) is 24.3. The Labute approximate surface area is 253 Å². The minimum atomic E-state index is -3.20. The van der Waals surface area contributed by atoms with Crippen molar-refractivity contribution in [3.63, 3.8) is 0 Å². The van der Waals surface area contributed by atoms with Gasteiger partial charge in [-0.05, 0) is 66.4 Å². The van der Waals surface area contributed by atoms with Gasteiger partial charge >= 0.3 is 0 Å². The number of halogens is 1. The molecule has 1 amide bonds. The summed E-state index contributed by atoms with van der Waals surface area (Å²) in [6.07, 6.45) is 6.71. The van der Waals surface area contributed by atoms with Crippen LogP contribution in [0.25, 0.3) is 55.8 Å². The predicted octanol–water partition coefficient (Wildman–Crippen LogP) is 5.94. The molecule has 44 heavy (non-hydrogen) atoms. The maximum Gasteiger partial charge on any atom is 0.224 e. The standard InChI is InChI=1S/C32H30FN7O3S/c1-18(2)10-29(41)36-23-14-21(16-34-17-23)25-4-5-27-31(38-25)32(40-39-27)28-15-24-26(37-28)6-8-35-30(24)20-11-19(12-22(33)13-20)7-9-44(3,42)43/h4-6,8,11-18,37H,7,9-10H2,1-3H3,(H,36,41)(H,39,40). The summed E-state index contributed by atoms with van der Waals surface area (Å²) >= 11 is 0. The molecule has 5 aromatic heterocycles. The van der Waals surface area contributed by atoms with E-state index in [0.29, 0.717) is 51.5 Å². The number of hydrogen-bond acceptors (Lipinski definition) is 7. The van der Waals surface area contributed by atoms with Crippen molar-refractivity contribution in [3.05, 3.63) is 78.5 Å². The van der Waals surface area contributed by atoms with Crippen molar-refractivity contribution in [2.45, 2.75) is 26.7 Å². The average Bonchev–Trinajstić information content (AvgIpc) is 3.59. The number of nitrogens with zero attached hydrogens (tertiary/aromatic N) is 4. The molecule has 0 atom stereocenters. The van der Waals surface area contributed by atoms with Gasteiger partial charge in [0.25, 0.3) is 0 Å². The lowest BCUT2D eigenvalue weighted by Crippen LogP contribution is -2.14. The fourth-order valence-corrected chi connectivity index (χ4v) is 5.73. The molecule has 224 valence electrons. The highest BCUT2D eigenvalue weighted by Crippen LogP contribution is 2.34. The molecule has 0 saturated heterocycles. The number of amides is 1. The molecular formula is C32H30FN7O3S. The van der Waals surface area contributed by atoms with Crippen molar-refractivity contribution in [1.29, 1.82) is 0 Å². The Morgan fingerprint density at radius 3 is 2.64 bits per heavy atom. The summed E-state index contributed by atoms with van der Waals surface area (Å²) in [6.45, 7) is 3.98. The van der Waals surface area contributed by atoms with Crippen LogP contribution in [0.2, 0.25) is 0 Å². The Kier molecular flexibility index (Phi) is 7.68. The fraction of sp³-hybridized carbons (Fsp3) is 0.219. The first-order valence-electron chi connectivity index (χ1n) is 14.1. The number of anilines is 1. The lowest BCUT2D eigenvalue weighted by Gasteiger charge is -2.08. The van der Waals surface area contributed by atoms with Crippen LogP contribution < -0.4 is 5.32 Å².